The van der Waals surface area contributed by atoms with Crippen LogP contribution in [0, 0.1) is 0 Å². The van der Waals surface area contributed by atoms with Gasteiger partial charge >= 0.3 is 0 Å². The minimum Gasteiger partial charge on any atom is -0.366 e. The average molecular weight is 361 g/mol. The Morgan fingerprint density at radius 3 is 2.96 bits per heavy atom. The molecular formula is C18H19N9. The van der Waals surface area contributed by atoms with Crippen LogP contribution < -0.4 is 4.90 Å². The summed E-state index contributed by atoms with van der Waals surface area (Å²) < 4.78 is 3.77. The Bertz CT molecular complexity index is 1060. The van der Waals surface area contributed by atoms with Crippen molar-refractivity contribution in [2.75, 3.05) is 18.0 Å². The third kappa shape index (κ3) is 2.80. The molecule has 0 saturated heterocycles. The van der Waals surface area contributed by atoms with E-state index in [9.17, 15) is 0 Å². The van der Waals surface area contributed by atoms with Crippen LogP contribution in [-0.2, 0) is 19.4 Å². The summed E-state index contributed by atoms with van der Waals surface area (Å²) in [5.41, 5.74) is 3.83. The second kappa shape index (κ2) is 6.42. The molecule has 4 aromatic heterocycles. The monoisotopic (exact) mass is 361 g/mol. The summed E-state index contributed by atoms with van der Waals surface area (Å²) in [7, 11) is 0. The lowest BCUT2D eigenvalue weighted by Crippen LogP contribution is -2.27. The maximum absolute atomic E-state index is 4.73. The van der Waals surface area contributed by atoms with Crippen LogP contribution in [0.15, 0.2) is 36.9 Å². The highest BCUT2D eigenvalue weighted by molar-refractivity contribution is 5.68. The van der Waals surface area contributed by atoms with Gasteiger partial charge in [-0.15, -0.1) is 10.2 Å². The van der Waals surface area contributed by atoms with Gasteiger partial charge in [0.2, 0.25) is 5.65 Å². The molecule has 1 aliphatic heterocycles. The van der Waals surface area contributed by atoms with Crippen molar-refractivity contribution in [2.45, 2.75) is 26.3 Å². The lowest BCUT2D eigenvalue weighted by Gasteiger charge is -2.22. The molecule has 9 nitrogen and oxygen atoms in total. The first kappa shape index (κ1) is 15.9. The Balaban J connectivity index is 1.44. The summed E-state index contributed by atoms with van der Waals surface area (Å²) in [6.07, 6.45) is 6.90. The smallest absolute Gasteiger partial charge is 0.200 e. The number of pyridine rings is 1. The van der Waals surface area contributed by atoms with Gasteiger partial charge in [-0.3, -0.25) is 4.98 Å². The van der Waals surface area contributed by atoms with Crippen molar-refractivity contribution in [2.24, 2.45) is 0 Å². The summed E-state index contributed by atoms with van der Waals surface area (Å²) in [6, 6.07) is 6.01. The quantitative estimate of drug-likeness (QED) is 0.545. The molecule has 0 amide bonds. The molecule has 0 aliphatic carbocycles. The zero-order chi connectivity index (χ0) is 18.2. The van der Waals surface area contributed by atoms with Crippen LogP contribution in [-0.4, -0.2) is 52.6 Å². The molecule has 27 heavy (non-hydrogen) atoms. The van der Waals surface area contributed by atoms with Gasteiger partial charge in [-0.05, 0) is 24.6 Å². The predicted octanol–water partition coefficient (Wildman–Crippen LogP) is 1.40. The zero-order valence-corrected chi connectivity index (χ0v) is 15.0. The standard InChI is InChI=1S/C18H19N9/c1-2-14-10-15(18-22-20-12-27(18)23-14)25-7-5-16-21-17(24-26(16)9-8-25)13-4-3-6-19-11-13/h3-4,6,10-12H,2,5,7-9H2,1H3. The van der Waals surface area contributed by atoms with E-state index in [2.05, 4.69) is 43.3 Å². The SMILES string of the molecule is CCc1cc(N2CCc3nc(-c4cccnc4)nn3CC2)c2nncn2n1. The molecule has 0 unspecified atom stereocenters. The number of hydrogen-bond donors (Lipinski definition) is 0. The minimum atomic E-state index is 0.739. The topological polar surface area (TPSA) is 89.9 Å². The Labute approximate surface area is 155 Å². The van der Waals surface area contributed by atoms with E-state index in [1.165, 1.54) is 0 Å². The van der Waals surface area contributed by atoms with Crippen molar-refractivity contribution in [1.82, 2.24) is 39.6 Å². The van der Waals surface area contributed by atoms with Crippen LogP contribution in [0.3, 0.4) is 0 Å². The fraction of sp³-hybridized carbons (Fsp3) is 0.333. The Hall–Kier alpha value is -3.36. The fourth-order valence-electron chi connectivity index (χ4n) is 3.43. The molecule has 0 atom stereocenters. The number of aromatic nitrogens is 8. The molecule has 0 radical (unpaired) electrons. The lowest BCUT2D eigenvalue weighted by molar-refractivity contribution is 0.611. The van der Waals surface area contributed by atoms with E-state index in [1.807, 2.05) is 16.8 Å². The van der Waals surface area contributed by atoms with E-state index in [-0.39, 0.29) is 0 Å². The molecule has 9 heteroatoms. The highest BCUT2D eigenvalue weighted by Crippen LogP contribution is 2.23. The average Bonchev–Trinajstić information content (AvgIpc) is 3.31. The van der Waals surface area contributed by atoms with Crippen LogP contribution in [0.25, 0.3) is 17.0 Å². The second-order valence-electron chi connectivity index (χ2n) is 6.53. The number of rotatable bonds is 3. The van der Waals surface area contributed by atoms with Gasteiger partial charge in [0.15, 0.2) is 5.82 Å². The fourth-order valence-corrected chi connectivity index (χ4v) is 3.43. The van der Waals surface area contributed by atoms with Gasteiger partial charge in [0.1, 0.15) is 12.2 Å². The van der Waals surface area contributed by atoms with Crippen molar-refractivity contribution in [3.8, 4) is 11.4 Å². The van der Waals surface area contributed by atoms with Crippen molar-refractivity contribution in [3.05, 3.63) is 48.4 Å². The summed E-state index contributed by atoms with van der Waals surface area (Å²) in [6.45, 7) is 4.55. The van der Waals surface area contributed by atoms with Gasteiger partial charge in [-0.2, -0.15) is 14.7 Å². The zero-order valence-electron chi connectivity index (χ0n) is 15.0. The molecule has 0 N–H and O–H groups in total. The summed E-state index contributed by atoms with van der Waals surface area (Å²) in [5, 5.41) is 17.5. The Morgan fingerprint density at radius 1 is 1.15 bits per heavy atom. The number of fused-ring (bicyclic) bond motifs is 2. The molecule has 136 valence electrons. The summed E-state index contributed by atoms with van der Waals surface area (Å²) in [4.78, 5) is 11.2. The predicted molar refractivity (Wildman–Crippen MR) is 99.3 cm³/mol. The Morgan fingerprint density at radius 2 is 2.11 bits per heavy atom. The molecular weight excluding hydrogens is 342 g/mol. The van der Waals surface area contributed by atoms with E-state index in [0.29, 0.717) is 0 Å². The van der Waals surface area contributed by atoms with E-state index in [4.69, 9.17) is 4.98 Å². The minimum absolute atomic E-state index is 0.739. The number of hydrogen-bond acceptors (Lipinski definition) is 7. The molecule has 0 aromatic carbocycles. The molecule has 0 fully saturated rings. The largest absolute Gasteiger partial charge is 0.366 e. The van der Waals surface area contributed by atoms with Crippen molar-refractivity contribution < 1.29 is 0 Å². The molecule has 5 rings (SSSR count). The third-order valence-electron chi connectivity index (χ3n) is 4.86. The van der Waals surface area contributed by atoms with Crippen LogP contribution in [0.4, 0.5) is 5.69 Å². The van der Waals surface area contributed by atoms with Crippen molar-refractivity contribution in [3.63, 3.8) is 0 Å². The van der Waals surface area contributed by atoms with Crippen LogP contribution >= 0.6 is 0 Å². The number of anilines is 1. The van der Waals surface area contributed by atoms with Crippen LogP contribution in [0.5, 0.6) is 0 Å². The first-order valence-electron chi connectivity index (χ1n) is 9.11. The van der Waals surface area contributed by atoms with Crippen LogP contribution in [0.2, 0.25) is 0 Å². The molecule has 0 spiro atoms. The van der Waals surface area contributed by atoms with E-state index < -0.39 is 0 Å². The summed E-state index contributed by atoms with van der Waals surface area (Å²) >= 11 is 0. The van der Waals surface area contributed by atoms with Gasteiger partial charge < -0.3 is 4.90 Å². The maximum atomic E-state index is 4.73. The van der Waals surface area contributed by atoms with E-state index in [1.54, 1.807) is 23.2 Å². The molecule has 5 heterocycles. The van der Waals surface area contributed by atoms with Gasteiger partial charge in [0, 0.05) is 37.5 Å². The van der Waals surface area contributed by atoms with Crippen molar-refractivity contribution in [1.29, 1.82) is 0 Å². The van der Waals surface area contributed by atoms with Crippen LogP contribution in [0.1, 0.15) is 18.4 Å². The third-order valence-corrected chi connectivity index (χ3v) is 4.86. The highest BCUT2D eigenvalue weighted by Gasteiger charge is 2.21. The number of aryl methyl sites for hydroxylation is 1. The van der Waals surface area contributed by atoms with E-state index in [0.717, 1.165) is 66.7 Å². The van der Waals surface area contributed by atoms with Gasteiger partial charge in [0.25, 0.3) is 0 Å². The normalized spacial score (nSPS) is 14.3. The first-order chi connectivity index (χ1) is 13.3. The van der Waals surface area contributed by atoms with Crippen molar-refractivity contribution >= 4 is 11.3 Å². The molecule has 1 aliphatic rings. The second-order valence-corrected chi connectivity index (χ2v) is 6.53. The highest BCUT2D eigenvalue weighted by atomic mass is 15.4. The van der Waals surface area contributed by atoms with Gasteiger partial charge in [-0.25, -0.2) is 9.67 Å². The Kier molecular flexibility index (Phi) is 3.77. The lowest BCUT2D eigenvalue weighted by atomic mass is 10.2. The van der Waals surface area contributed by atoms with E-state index >= 15 is 0 Å². The first-order valence-corrected chi connectivity index (χ1v) is 9.11. The number of nitrogens with zero attached hydrogens (tertiary/aromatic N) is 9. The van der Waals surface area contributed by atoms with Gasteiger partial charge in [0.05, 0.1) is 17.9 Å². The molecule has 4 aromatic rings. The molecule has 0 bridgehead atoms. The van der Waals surface area contributed by atoms with Gasteiger partial charge in [-0.1, -0.05) is 6.92 Å². The summed E-state index contributed by atoms with van der Waals surface area (Å²) in [5.74, 6) is 1.74. The molecule has 0 saturated carbocycles. The maximum Gasteiger partial charge on any atom is 0.200 e.